The second-order valence-electron chi connectivity index (χ2n) is 10.7. The number of rotatable bonds is 4. The number of ketones is 1. The number of nitrogens with zero attached hydrogens (tertiary/aromatic N) is 1. The number of methoxy groups -OCH3 is 1. The van der Waals surface area contributed by atoms with Gasteiger partial charge in [-0.1, -0.05) is 41.9 Å². The summed E-state index contributed by atoms with van der Waals surface area (Å²) in [4.78, 5) is 13.2. The van der Waals surface area contributed by atoms with E-state index >= 15 is 0 Å². The lowest BCUT2D eigenvalue weighted by Crippen LogP contribution is -2.52. The Morgan fingerprint density at radius 2 is 1.91 bits per heavy atom. The summed E-state index contributed by atoms with van der Waals surface area (Å²) < 4.78 is 5.45. The average Bonchev–Trinajstić information content (AvgIpc) is 3.09. The molecule has 5 nitrogen and oxygen atoms in total. The van der Waals surface area contributed by atoms with Gasteiger partial charge in [0.25, 0.3) is 0 Å². The molecule has 1 aromatic rings. The fourth-order valence-electron chi connectivity index (χ4n) is 7.60. The van der Waals surface area contributed by atoms with E-state index < -0.39 is 5.60 Å². The zero-order valence-electron chi connectivity index (χ0n) is 20.0. The summed E-state index contributed by atoms with van der Waals surface area (Å²) in [6, 6.07) is 7.80. The third kappa shape index (κ3) is 3.27. The van der Waals surface area contributed by atoms with Crippen molar-refractivity contribution in [2.24, 2.45) is 22.4 Å². The maximum Gasteiger partial charge on any atom is 0.164 e. The quantitative estimate of drug-likeness (QED) is 0.372. The minimum atomic E-state index is -0.744. The van der Waals surface area contributed by atoms with Gasteiger partial charge in [0.2, 0.25) is 0 Å². The molecule has 4 atom stereocenters. The standard InChI is InChI=1S/C28H35NO4/c1-17(29-32)18-6-4-5-7-22(18)26-23-9-8-21-20(19(23)10-11-25(26)30)12-14-27(2)24(21)13-15-28(27,31)16-33-3/h4-7,21,24,31-32H,8-16H2,1-3H3/b29-17-/t21-,24+,27+,28-/m1/s1. The lowest BCUT2D eigenvalue weighted by molar-refractivity contribution is -0.125. The van der Waals surface area contributed by atoms with Gasteiger partial charge in [0, 0.05) is 30.1 Å². The zero-order valence-corrected chi connectivity index (χ0v) is 20.0. The molecule has 5 rings (SSSR count). The van der Waals surface area contributed by atoms with Crippen LogP contribution in [0.5, 0.6) is 0 Å². The van der Waals surface area contributed by atoms with E-state index in [1.807, 2.05) is 24.3 Å². The molecule has 0 aliphatic heterocycles. The molecule has 5 heteroatoms. The van der Waals surface area contributed by atoms with Crippen LogP contribution in [0.15, 0.2) is 46.1 Å². The van der Waals surface area contributed by atoms with Crippen LogP contribution in [-0.4, -0.2) is 41.1 Å². The molecule has 0 heterocycles. The first-order valence-electron chi connectivity index (χ1n) is 12.3. The minimum absolute atomic E-state index is 0.117. The van der Waals surface area contributed by atoms with E-state index in [9.17, 15) is 15.1 Å². The molecule has 0 aromatic heterocycles. The van der Waals surface area contributed by atoms with Crippen molar-refractivity contribution < 1.29 is 19.8 Å². The summed E-state index contributed by atoms with van der Waals surface area (Å²) in [5.74, 6) is 1.15. The average molecular weight is 450 g/mol. The van der Waals surface area contributed by atoms with Crippen molar-refractivity contribution in [3.05, 3.63) is 52.1 Å². The van der Waals surface area contributed by atoms with E-state index in [2.05, 4.69) is 12.1 Å². The Kier molecular flexibility index (Phi) is 5.61. The first-order valence-corrected chi connectivity index (χ1v) is 12.3. The predicted octanol–water partition coefficient (Wildman–Crippen LogP) is 5.30. The van der Waals surface area contributed by atoms with E-state index in [0.717, 1.165) is 61.6 Å². The number of allylic oxidation sites excluding steroid dienone is 4. The van der Waals surface area contributed by atoms with Gasteiger partial charge in [0.15, 0.2) is 5.78 Å². The molecule has 2 fully saturated rings. The van der Waals surface area contributed by atoms with Crippen LogP contribution in [0.3, 0.4) is 0 Å². The fourth-order valence-corrected chi connectivity index (χ4v) is 7.60. The number of oxime groups is 1. The Balaban J connectivity index is 1.60. The Morgan fingerprint density at radius 1 is 1.12 bits per heavy atom. The van der Waals surface area contributed by atoms with E-state index in [4.69, 9.17) is 4.74 Å². The lowest BCUT2D eigenvalue weighted by Gasteiger charge is -2.52. The molecule has 176 valence electrons. The van der Waals surface area contributed by atoms with Gasteiger partial charge in [0.05, 0.1) is 17.9 Å². The van der Waals surface area contributed by atoms with Gasteiger partial charge in [-0.15, -0.1) is 0 Å². The van der Waals surface area contributed by atoms with Crippen LogP contribution < -0.4 is 0 Å². The first-order chi connectivity index (χ1) is 15.8. The van der Waals surface area contributed by atoms with Crippen molar-refractivity contribution in [2.45, 2.75) is 70.8 Å². The van der Waals surface area contributed by atoms with Gasteiger partial charge >= 0.3 is 0 Å². The van der Waals surface area contributed by atoms with Crippen LogP contribution in [0.2, 0.25) is 0 Å². The van der Waals surface area contributed by atoms with Crippen molar-refractivity contribution in [3.63, 3.8) is 0 Å². The van der Waals surface area contributed by atoms with Gasteiger partial charge in [0.1, 0.15) is 0 Å². The summed E-state index contributed by atoms with van der Waals surface area (Å²) >= 11 is 0. The van der Waals surface area contributed by atoms with Crippen LogP contribution >= 0.6 is 0 Å². The molecule has 4 aliphatic carbocycles. The highest BCUT2D eigenvalue weighted by Gasteiger charge is 2.60. The summed E-state index contributed by atoms with van der Waals surface area (Å²) in [5, 5.41) is 24.3. The van der Waals surface area contributed by atoms with Crippen LogP contribution in [0.25, 0.3) is 5.57 Å². The number of hydrogen-bond acceptors (Lipinski definition) is 5. The molecular weight excluding hydrogens is 414 g/mol. The second kappa shape index (κ2) is 8.21. The number of fused-ring (bicyclic) bond motifs is 4. The molecular formula is C28H35NO4. The molecule has 2 saturated carbocycles. The van der Waals surface area contributed by atoms with Crippen LogP contribution in [0, 0.1) is 17.3 Å². The number of aliphatic hydroxyl groups is 1. The maximum atomic E-state index is 13.2. The third-order valence-corrected chi connectivity index (χ3v) is 9.36. The normalized spacial score (nSPS) is 34.3. The maximum absolute atomic E-state index is 13.2. The summed E-state index contributed by atoms with van der Waals surface area (Å²) in [6.07, 6.45) is 7.08. The van der Waals surface area contributed by atoms with E-state index in [0.29, 0.717) is 30.6 Å². The molecule has 2 N–H and O–H groups in total. The van der Waals surface area contributed by atoms with Crippen LogP contribution in [0.4, 0.5) is 0 Å². The molecule has 0 amide bonds. The molecule has 0 spiro atoms. The van der Waals surface area contributed by atoms with E-state index in [1.54, 1.807) is 14.0 Å². The van der Waals surface area contributed by atoms with Crippen molar-refractivity contribution in [1.82, 2.24) is 0 Å². The van der Waals surface area contributed by atoms with E-state index in [1.165, 1.54) is 16.7 Å². The number of carbonyl (C=O) groups is 1. The van der Waals surface area contributed by atoms with Crippen molar-refractivity contribution in [2.75, 3.05) is 13.7 Å². The molecule has 0 saturated heterocycles. The van der Waals surface area contributed by atoms with Crippen molar-refractivity contribution in [3.8, 4) is 0 Å². The molecule has 0 bridgehead atoms. The van der Waals surface area contributed by atoms with Crippen molar-refractivity contribution >= 4 is 17.1 Å². The highest BCUT2D eigenvalue weighted by Crippen LogP contribution is 2.64. The summed E-state index contributed by atoms with van der Waals surface area (Å²) in [5.41, 5.74) is 6.35. The third-order valence-electron chi connectivity index (χ3n) is 9.36. The van der Waals surface area contributed by atoms with Gasteiger partial charge in [-0.3, -0.25) is 4.79 Å². The zero-order chi connectivity index (χ0) is 23.4. The summed E-state index contributed by atoms with van der Waals surface area (Å²) in [6.45, 7) is 4.46. The fraction of sp³-hybridized carbons (Fsp3) is 0.571. The largest absolute Gasteiger partial charge is 0.411 e. The van der Waals surface area contributed by atoms with Gasteiger partial charge in [-0.05, 0) is 80.4 Å². The van der Waals surface area contributed by atoms with Crippen molar-refractivity contribution in [1.29, 1.82) is 0 Å². The smallest absolute Gasteiger partial charge is 0.164 e. The minimum Gasteiger partial charge on any atom is -0.411 e. The second-order valence-corrected chi connectivity index (χ2v) is 10.7. The Labute approximate surface area is 196 Å². The predicted molar refractivity (Wildman–Crippen MR) is 128 cm³/mol. The number of benzene rings is 1. The van der Waals surface area contributed by atoms with Gasteiger partial charge < -0.3 is 15.1 Å². The topological polar surface area (TPSA) is 79.1 Å². The number of hydrogen-bond donors (Lipinski definition) is 2. The monoisotopic (exact) mass is 449 g/mol. The van der Waals surface area contributed by atoms with Crippen LogP contribution in [-0.2, 0) is 9.53 Å². The summed E-state index contributed by atoms with van der Waals surface area (Å²) in [7, 11) is 1.68. The molecule has 4 aliphatic rings. The Bertz CT molecular complexity index is 1080. The lowest BCUT2D eigenvalue weighted by atomic mass is 9.54. The molecule has 33 heavy (non-hydrogen) atoms. The van der Waals surface area contributed by atoms with Gasteiger partial charge in [-0.25, -0.2) is 0 Å². The number of carbonyl (C=O) groups excluding carboxylic acids is 1. The number of ether oxygens (including phenoxy) is 1. The highest BCUT2D eigenvalue weighted by atomic mass is 16.5. The molecule has 0 unspecified atom stereocenters. The Morgan fingerprint density at radius 3 is 2.67 bits per heavy atom. The highest BCUT2D eigenvalue weighted by molar-refractivity contribution is 6.25. The Hall–Kier alpha value is -2.24. The van der Waals surface area contributed by atoms with Gasteiger partial charge in [-0.2, -0.15) is 0 Å². The van der Waals surface area contributed by atoms with E-state index in [-0.39, 0.29) is 11.2 Å². The molecule has 1 aromatic carbocycles. The molecule has 0 radical (unpaired) electrons. The number of Topliss-reactive ketones (excluding diaryl/α,β-unsaturated/α-hetero) is 1. The van der Waals surface area contributed by atoms with Crippen LogP contribution in [0.1, 0.15) is 76.3 Å². The first kappa shape index (κ1) is 22.5. The SMILES string of the molecule is COC[C@]1(O)CC[C@H]2[C@@H]3CCC4=C(c5ccccc5/C(C)=N\O)C(=O)CCC4=C3CC[C@@]21C.